The van der Waals surface area contributed by atoms with E-state index < -0.39 is 16.1 Å². The van der Waals surface area contributed by atoms with Gasteiger partial charge in [-0.25, -0.2) is 8.42 Å². The molecule has 0 bridgehead atoms. The van der Waals surface area contributed by atoms with Gasteiger partial charge < -0.3 is 9.84 Å². The number of ether oxygens (including phenoxy) is 1. The molecular weight excluding hydrogens is 314 g/mol. The van der Waals surface area contributed by atoms with Crippen molar-refractivity contribution in [3.05, 3.63) is 29.8 Å². The van der Waals surface area contributed by atoms with Crippen molar-refractivity contribution in [2.45, 2.75) is 49.6 Å². The summed E-state index contributed by atoms with van der Waals surface area (Å²) in [5.74, 6) is -0.130. The average Bonchev–Trinajstić information content (AvgIpc) is 3.05. The first kappa shape index (κ1) is 16.9. The van der Waals surface area contributed by atoms with Crippen molar-refractivity contribution in [2.75, 3.05) is 19.8 Å². The molecule has 23 heavy (non-hydrogen) atoms. The Morgan fingerprint density at radius 2 is 2.09 bits per heavy atom. The fourth-order valence-corrected chi connectivity index (χ4v) is 5.82. The molecule has 6 heteroatoms. The van der Waals surface area contributed by atoms with E-state index in [4.69, 9.17) is 4.74 Å². The van der Waals surface area contributed by atoms with Crippen LogP contribution in [-0.4, -0.2) is 49.7 Å². The van der Waals surface area contributed by atoms with Gasteiger partial charge in [0, 0.05) is 25.1 Å². The van der Waals surface area contributed by atoms with E-state index in [0.29, 0.717) is 37.5 Å². The standard InChI is InChI=1S/C17H25NO4S/c1-2-13-6-3-4-8-17(13)23(20,21)18-10-5-7-15(18)14-12-22-11-9-16(14)19/h3-4,6,8,14-16,19H,2,5,7,9-12H2,1H3. The molecule has 2 aliphatic heterocycles. The fraction of sp³-hybridized carbons (Fsp3) is 0.647. The van der Waals surface area contributed by atoms with Crippen molar-refractivity contribution in [2.24, 2.45) is 5.92 Å². The quantitative estimate of drug-likeness (QED) is 0.908. The number of sulfonamides is 1. The Bertz CT molecular complexity index is 646. The molecule has 2 aliphatic rings. The van der Waals surface area contributed by atoms with Crippen LogP contribution in [0.2, 0.25) is 0 Å². The molecule has 2 fully saturated rings. The van der Waals surface area contributed by atoms with Gasteiger partial charge in [0.1, 0.15) is 0 Å². The number of aryl methyl sites for hydroxylation is 1. The monoisotopic (exact) mass is 339 g/mol. The third-order valence-corrected chi connectivity index (χ3v) is 7.07. The summed E-state index contributed by atoms with van der Waals surface area (Å²) in [6.07, 6.45) is 2.41. The van der Waals surface area contributed by atoms with E-state index >= 15 is 0 Å². The number of aliphatic hydroxyl groups is 1. The van der Waals surface area contributed by atoms with Gasteiger partial charge in [0.25, 0.3) is 0 Å². The summed E-state index contributed by atoms with van der Waals surface area (Å²) in [5, 5.41) is 10.3. The van der Waals surface area contributed by atoms with Crippen LogP contribution < -0.4 is 0 Å². The predicted molar refractivity (Wildman–Crippen MR) is 87.7 cm³/mol. The number of nitrogens with zero attached hydrogens (tertiary/aromatic N) is 1. The second-order valence-corrected chi connectivity index (χ2v) is 8.24. The Balaban J connectivity index is 1.92. The highest BCUT2D eigenvalue weighted by atomic mass is 32.2. The van der Waals surface area contributed by atoms with Crippen LogP contribution in [0.4, 0.5) is 0 Å². The van der Waals surface area contributed by atoms with Crippen molar-refractivity contribution >= 4 is 10.0 Å². The summed E-state index contributed by atoms with van der Waals surface area (Å²) in [6.45, 7) is 3.48. The summed E-state index contributed by atoms with van der Waals surface area (Å²) in [6, 6.07) is 7.04. The molecule has 2 heterocycles. The first-order valence-electron chi connectivity index (χ1n) is 8.41. The Morgan fingerprint density at radius 3 is 2.83 bits per heavy atom. The van der Waals surface area contributed by atoms with Crippen LogP contribution >= 0.6 is 0 Å². The van der Waals surface area contributed by atoms with Crippen molar-refractivity contribution in [1.82, 2.24) is 4.31 Å². The first-order valence-corrected chi connectivity index (χ1v) is 9.85. The zero-order chi connectivity index (χ0) is 16.4. The van der Waals surface area contributed by atoms with E-state index in [2.05, 4.69) is 0 Å². The summed E-state index contributed by atoms with van der Waals surface area (Å²) >= 11 is 0. The van der Waals surface area contributed by atoms with Gasteiger partial charge in [0.05, 0.1) is 17.6 Å². The first-order chi connectivity index (χ1) is 11.1. The zero-order valence-corrected chi connectivity index (χ0v) is 14.3. The smallest absolute Gasteiger partial charge is 0.243 e. The molecule has 0 amide bonds. The Kier molecular flexibility index (Phi) is 5.06. The highest BCUT2D eigenvalue weighted by Gasteiger charge is 2.43. The predicted octanol–water partition coefficient (Wildman–Crippen LogP) is 1.80. The second-order valence-electron chi connectivity index (χ2n) is 6.38. The van der Waals surface area contributed by atoms with Crippen LogP contribution in [-0.2, 0) is 21.2 Å². The van der Waals surface area contributed by atoms with Crippen LogP contribution in [0.5, 0.6) is 0 Å². The SMILES string of the molecule is CCc1ccccc1S(=O)(=O)N1CCCC1C1COCCC1O. The molecule has 1 aromatic carbocycles. The van der Waals surface area contributed by atoms with Crippen LogP contribution in [0.1, 0.15) is 31.7 Å². The number of rotatable bonds is 4. The van der Waals surface area contributed by atoms with Crippen molar-refractivity contribution in [3.63, 3.8) is 0 Å². The van der Waals surface area contributed by atoms with Crippen LogP contribution in [0.25, 0.3) is 0 Å². The van der Waals surface area contributed by atoms with Crippen LogP contribution in [0.3, 0.4) is 0 Å². The topological polar surface area (TPSA) is 66.8 Å². The number of hydrogen-bond donors (Lipinski definition) is 1. The lowest BCUT2D eigenvalue weighted by molar-refractivity contribution is -0.0543. The van der Waals surface area contributed by atoms with Gasteiger partial charge in [-0.15, -0.1) is 0 Å². The van der Waals surface area contributed by atoms with E-state index in [1.54, 1.807) is 16.4 Å². The minimum Gasteiger partial charge on any atom is -0.393 e. The summed E-state index contributed by atoms with van der Waals surface area (Å²) in [5.41, 5.74) is 0.846. The molecule has 1 aromatic rings. The van der Waals surface area contributed by atoms with Gasteiger partial charge in [0.15, 0.2) is 0 Å². The van der Waals surface area contributed by atoms with Gasteiger partial charge in [-0.3, -0.25) is 0 Å². The molecule has 1 N–H and O–H groups in total. The molecule has 5 nitrogen and oxygen atoms in total. The molecule has 0 aromatic heterocycles. The van der Waals surface area contributed by atoms with E-state index in [1.807, 2.05) is 19.1 Å². The Labute approximate surface area is 138 Å². The Hall–Kier alpha value is -0.950. The third kappa shape index (κ3) is 3.18. The van der Waals surface area contributed by atoms with E-state index in [-0.39, 0.29) is 12.0 Å². The highest BCUT2D eigenvalue weighted by Crippen LogP contribution is 2.34. The molecule has 0 spiro atoms. The molecule has 2 saturated heterocycles. The highest BCUT2D eigenvalue weighted by molar-refractivity contribution is 7.89. The number of benzene rings is 1. The van der Waals surface area contributed by atoms with Crippen LogP contribution in [0, 0.1) is 5.92 Å². The van der Waals surface area contributed by atoms with E-state index in [1.165, 1.54) is 0 Å². The van der Waals surface area contributed by atoms with E-state index in [9.17, 15) is 13.5 Å². The van der Waals surface area contributed by atoms with Gasteiger partial charge in [-0.2, -0.15) is 4.31 Å². The largest absolute Gasteiger partial charge is 0.393 e. The summed E-state index contributed by atoms with van der Waals surface area (Å²) < 4.78 is 33.5. The summed E-state index contributed by atoms with van der Waals surface area (Å²) in [7, 11) is -3.54. The van der Waals surface area contributed by atoms with Crippen LogP contribution in [0.15, 0.2) is 29.2 Å². The average molecular weight is 339 g/mol. The van der Waals surface area contributed by atoms with Crippen molar-refractivity contribution in [3.8, 4) is 0 Å². The lowest BCUT2D eigenvalue weighted by atomic mass is 9.90. The summed E-state index contributed by atoms with van der Waals surface area (Å²) in [4.78, 5) is 0.403. The molecule has 3 atom stereocenters. The molecular formula is C17H25NO4S. The molecule has 3 unspecified atom stereocenters. The third-order valence-electron chi connectivity index (χ3n) is 5.05. The molecule has 0 saturated carbocycles. The second kappa shape index (κ2) is 6.89. The maximum absolute atomic E-state index is 13.2. The molecule has 0 radical (unpaired) electrons. The normalized spacial score (nSPS) is 29.7. The van der Waals surface area contributed by atoms with Crippen molar-refractivity contribution < 1.29 is 18.3 Å². The van der Waals surface area contributed by atoms with Gasteiger partial charge in [-0.05, 0) is 37.3 Å². The molecule has 0 aliphatic carbocycles. The Morgan fingerprint density at radius 1 is 1.30 bits per heavy atom. The van der Waals surface area contributed by atoms with Gasteiger partial charge in [0.2, 0.25) is 10.0 Å². The number of aliphatic hydroxyl groups excluding tert-OH is 1. The van der Waals surface area contributed by atoms with Gasteiger partial charge >= 0.3 is 0 Å². The zero-order valence-electron chi connectivity index (χ0n) is 13.5. The molecule has 128 valence electrons. The minimum atomic E-state index is -3.54. The fourth-order valence-electron chi connectivity index (χ4n) is 3.78. The van der Waals surface area contributed by atoms with Crippen molar-refractivity contribution in [1.29, 1.82) is 0 Å². The number of hydrogen-bond acceptors (Lipinski definition) is 4. The maximum Gasteiger partial charge on any atom is 0.243 e. The van der Waals surface area contributed by atoms with Gasteiger partial charge in [-0.1, -0.05) is 25.1 Å². The molecule has 3 rings (SSSR count). The lowest BCUT2D eigenvalue weighted by Crippen LogP contribution is -2.48. The minimum absolute atomic E-state index is 0.130. The lowest BCUT2D eigenvalue weighted by Gasteiger charge is -2.36. The maximum atomic E-state index is 13.2. The van der Waals surface area contributed by atoms with E-state index in [0.717, 1.165) is 18.4 Å².